The fourth-order valence-electron chi connectivity index (χ4n) is 2.73. The predicted octanol–water partition coefficient (Wildman–Crippen LogP) is 3.13. The molecule has 1 saturated carbocycles. The summed E-state index contributed by atoms with van der Waals surface area (Å²) >= 11 is 0. The second-order valence-corrected chi connectivity index (χ2v) is 5.93. The summed E-state index contributed by atoms with van der Waals surface area (Å²) in [5, 5.41) is 3.03. The van der Waals surface area contributed by atoms with Crippen LogP contribution in [0.1, 0.15) is 48.5 Å². The Hall–Kier alpha value is -1.51. The molecule has 0 heterocycles. The smallest absolute Gasteiger partial charge is 0.253 e. The minimum absolute atomic E-state index is 0.0418. The Morgan fingerprint density at radius 1 is 1.32 bits per heavy atom. The van der Waals surface area contributed by atoms with Crippen molar-refractivity contribution in [2.75, 3.05) is 12.3 Å². The van der Waals surface area contributed by atoms with Gasteiger partial charge in [0, 0.05) is 12.2 Å². The van der Waals surface area contributed by atoms with Crippen molar-refractivity contribution in [1.29, 1.82) is 0 Å². The van der Waals surface area contributed by atoms with Crippen molar-refractivity contribution in [3.8, 4) is 0 Å². The highest BCUT2D eigenvalue weighted by atomic mass is 16.1. The molecule has 0 spiro atoms. The van der Waals surface area contributed by atoms with Crippen molar-refractivity contribution in [3.63, 3.8) is 0 Å². The number of hydrogen-bond donors (Lipinski definition) is 2. The summed E-state index contributed by atoms with van der Waals surface area (Å²) in [7, 11) is 0. The lowest BCUT2D eigenvalue weighted by Crippen LogP contribution is -2.31. The van der Waals surface area contributed by atoms with E-state index < -0.39 is 0 Å². The number of rotatable bonds is 3. The standard InChI is InChI=1S/C16H24N2O/c1-11-3-6-13(7-4-11)10-18-16(19)14-9-12(2)5-8-15(14)17/h5,8-9,11,13H,3-4,6-7,10,17H2,1-2H3,(H,18,19). The predicted molar refractivity (Wildman–Crippen MR) is 79.0 cm³/mol. The summed E-state index contributed by atoms with van der Waals surface area (Å²) < 4.78 is 0. The molecule has 0 atom stereocenters. The molecule has 0 aromatic heterocycles. The number of hydrogen-bond acceptors (Lipinski definition) is 2. The molecule has 1 fully saturated rings. The summed E-state index contributed by atoms with van der Waals surface area (Å²) in [4.78, 5) is 12.1. The van der Waals surface area contributed by atoms with Gasteiger partial charge < -0.3 is 11.1 Å². The molecule has 3 nitrogen and oxygen atoms in total. The lowest BCUT2D eigenvalue weighted by molar-refractivity contribution is 0.0942. The Bertz CT molecular complexity index is 448. The average Bonchev–Trinajstić information content (AvgIpc) is 2.40. The van der Waals surface area contributed by atoms with E-state index in [1.807, 2.05) is 19.1 Å². The van der Waals surface area contributed by atoms with Crippen LogP contribution in [-0.2, 0) is 0 Å². The SMILES string of the molecule is Cc1ccc(N)c(C(=O)NCC2CCC(C)CC2)c1. The number of nitrogens with one attached hydrogen (secondary N) is 1. The van der Waals surface area contributed by atoms with E-state index in [2.05, 4.69) is 12.2 Å². The first kappa shape index (κ1) is 13.9. The maximum absolute atomic E-state index is 12.1. The molecule has 2 rings (SSSR count). The van der Waals surface area contributed by atoms with E-state index in [0.717, 1.165) is 18.0 Å². The third-order valence-electron chi connectivity index (χ3n) is 4.14. The van der Waals surface area contributed by atoms with Gasteiger partial charge in [0.25, 0.3) is 5.91 Å². The van der Waals surface area contributed by atoms with Gasteiger partial charge in [-0.15, -0.1) is 0 Å². The Labute approximate surface area is 115 Å². The van der Waals surface area contributed by atoms with Crippen molar-refractivity contribution in [1.82, 2.24) is 5.32 Å². The number of benzene rings is 1. The fourth-order valence-corrected chi connectivity index (χ4v) is 2.73. The summed E-state index contributed by atoms with van der Waals surface area (Å²) in [6, 6.07) is 5.58. The van der Waals surface area contributed by atoms with Gasteiger partial charge in [0.1, 0.15) is 0 Å². The van der Waals surface area contributed by atoms with Gasteiger partial charge in [-0.2, -0.15) is 0 Å². The van der Waals surface area contributed by atoms with Crippen LogP contribution in [0.5, 0.6) is 0 Å². The van der Waals surface area contributed by atoms with E-state index in [1.54, 1.807) is 6.07 Å². The first-order chi connectivity index (χ1) is 9.06. The summed E-state index contributed by atoms with van der Waals surface area (Å²) in [5.41, 5.74) is 8.07. The fraction of sp³-hybridized carbons (Fsp3) is 0.562. The zero-order chi connectivity index (χ0) is 13.8. The van der Waals surface area contributed by atoms with Gasteiger partial charge in [0.2, 0.25) is 0 Å². The van der Waals surface area contributed by atoms with Crippen molar-refractivity contribution in [3.05, 3.63) is 29.3 Å². The Morgan fingerprint density at radius 2 is 2.00 bits per heavy atom. The van der Waals surface area contributed by atoms with Crippen LogP contribution in [0, 0.1) is 18.8 Å². The molecule has 19 heavy (non-hydrogen) atoms. The van der Waals surface area contributed by atoms with E-state index >= 15 is 0 Å². The van der Waals surface area contributed by atoms with E-state index in [9.17, 15) is 4.79 Å². The molecular weight excluding hydrogens is 236 g/mol. The molecule has 0 aliphatic heterocycles. The number of nitrogen functional groups attached to an aromatic ring is 1. The third kappa shape index (κ3) is 3.72. The number of anilines is 1. The van der Waals surface area contributed by atoms with Gasteiger partial charge in [-0.05, 0) is 43.7 Å². The van der Waals surface area contributed by atoms with Crippen LogP contribution < -0.4 is 11.1 Å². The van der Waals surface area contributed by atoms with Gasteiger partial charge in [0.05, 0.1) is 5.56 Å². The lowest BCUT2D eigenvalue weighted by atomic mass is 9.83. The zero-order valence-corrected chi connectivity index (χ0v) is 11.9. The first-order valence-electron chi connectivity index (χ1n) is 7.20. The highest BCUT2D eigenvalue weighted by Gasteiger charge is 2.19. The van der Waals surface area contributed by atoms with Crippen LogP contribution in [0.15, 0.2) is 18.2 Å². The van der Waals surface area contributed by atoms with Crippen molar-refractivity contribution < 1.29 is 4.79 Å². The van der Waals surface area contributed by atoms with Gasteiger partial charge in [-0.3, -0.25) is 4.79 Å². The van der Waals surface area contributed by atoms with E-state index in [0.29, 0.717) is 17.2 Å². The van der Waals surface area contributed by atoms with Crippen molar-refractivity contribution in [2.24, 2.45) is 11.8 Å². The zero-order valence-electron chi connectivity index (χ0n) is 11.9. The van der Waals surface area contributed by atoms with Crippen LogP contribution >= 0.6 is 0 Å². The van der Waals surface area contributed by atoms with Crippen LogP contribution in [0.4, 0.5) is 5.69 Å². The highest BCUT2D eigenvalue weighted by molar-refractivity contribution is 5.99. The molecule has 0 unspecified atom stereocenters. The average molecular weight is 260 g/mol. The van der Waals surface area contributed by atoms with Crippen LogP contribution in [0.3, 0.4) is 0 Å². The third-order valence-corrected chi connectivity index (χ3v) is 4.14. The number of nitrogens with two attached hydrogens (primary N) is 1. The molecule has 1 aromatic rings. The minimum Gasteiger partial charge on any atom is -0.398 e. The highest BCUT2D eigenvalue weighted by Crippen LogP contribution is 2.27. The molecule has 1 aromatic carbocycles. The van der Waals surface area contributed by atoms with Crippen LogP contribution in [-0.4, -0.2) is 12.5 Å². The normalized spacial score (nSPS) is 23.1. The number of aryl methyl sites for hydroxylation is 1. The molecule has 3 N–H and O–H groups in total. The Kier molecular flexibility index (Phi) is 4.46. The van der Waals surface area contributed by atoms with Gasteiger partial charge >= 0.3 is 0 Å². The Morgan fingerprint density at radius 3 is 2.68 bits per heavy atom. The molecule has 0 saturated heterocycles. The molecule has 104 valence electrons. The maximum atomic E-state index is 12.1. The molecule has 1 aliphatic carbocycles. The van der Waals surface area contributed by atoms with Gasteiger partial charge in [-0.25, -0.2) is 0 Å². The van der Waals surface area contributed by atoms with Crippen LogP contribution in [0.25, 0.3) is 0 Å². The van der Waals surface area contributed by atoms with E-state index in [4.69, 9.17) is 5.73 Å². The topological polar surface area (TPSA) is 55.1 Å². The number of carbonyl (C=O) groups excluding carboxylic acids is 1. The second kappa shape index (κ2) is 6.09. The summed E-state index contributed by atoms with van der Waals surface area (Å²) in [5.74, 6) is 1.44. The monoisotopic (exact) mass is 260 g/mol. The van der Waals surface area contributed by atoms with Crippen molar-refractivity contribution in [2.45, 2.75) is 39.5 Å². The van der Waals surface area contributed by atoms with Crippen LogP contribution in [0.2, 0.25) is 0 Å². The minimum atomic E-state index is -0.0418. The quantitative estimate of drug-likeness (QED) is 0.820. The van der Waals surface area contributed by atoms with E-state index in [-0.39, 0.29) is 5.91 Å². The molecule has 0 bridgehead atoms. The number of carbonyl (C=O) groups is 1. The second-order valence-electron chi connectivity index (χ2n) is 5.93. The largest absolute Gasteiger partial charge is 0.398 e. The van der Waals surface area contributed by atoms with Crippen molar-refractivity contribution >= 4 is 11.6 Å². The lowest BCUT2D eigenvalue weighted by Gasteiger charge is -2.26. The summed E-state index contributed by atoms with van der Waals surface area (Å²) in [6.45, 7) is 5.06. The maximum Gasteiger partial charge on any atom is 0.253 e. The van der Waals surface area contributed by atoms with Gasteiger partial charge in [0.15, 0.2) is 0 Å². The molecule has 0 radical (unpaired) electrons. The van der Waals surface area contributed by atoms with Gasteiger partial charge in [-0.1, -0.05) is 31.4 Å². The molecule has 1 amide bonds. The first-order valence-corrected chi connectivity index (χ1v) is 7.20. The number of amides is 1. The molecule has 3 heteroatoms. The summed E-state index contributed by atoms with van der Waals surface area (Å²) in [6.07, 6.45) is 5.02. The Balaban J connectivity index is 1.89. The molecule has 1 aliphatic rings. The van der Waals surface area contributed by atoms with E-state index in [1.165, 1.54) is 25.7 Å². The molecular formula is C16H24N2O.